The largest absolute Gasteiger partial charge is 0.534 e. The van der Waals surface area contributed by atoms with Crippen LogP contribution in [0.25, 0.3) is 6.08 Å². The average Bonchev–Trinajstić information content (AvgIpc) is 2.56. The highest BCUT2D eigenvalue weighted by molar-refractivity contribution is 7.88. The van der Waals surface area contributed by atoms with Gasteiger partial charge in [0.2, 0.25) is 11.2 Å². The van der Waals surface area contributed by atoms with Gasteiger partial charge in [-0.15, -0.1) is 0 Å². The predicted octanol–water partition coefficient (Wildman–Crippen LogP) is 2.94. The molecular weight excluding hydrogens is 381 g/mol. The van der Waals surface area contributed by atoms with Crippen LogP contribution in [0.3, 0.4) is 0 Å². The van der Waals surface area contributed by atoms with Gasteiger partial charge < -0.3 is 18.1 Å². The molecule has 0 saturated carbocycles. The number of alkyl halides is 3. The van der Waals surface area contributed by atoms with E-state index in [0.29, 0.717) is 13.0 Å². The molecule has 7 nitrogen and oxygen atoms in total. The van der Waals surface area contributed by atoms with Crippen LogP contribution in [0.2, 0.25) is 0 Å². The third-order valence-electron chi connectivity index (χ3n) is 3.32. The lowest BCUT2D eigenvalue weighted by Crippen LogP contribution is -2.30. The van der Waals surface area contributed by atoms with E-state index in [1.165, 1.54) is 13.0 Å². The standard InChI is InChI=1S/C15H17F3O7S/c1-2-5-12-14(25-26(20,21)15(16,17)18)11(19)8-10(24-12)9-23-13-6-3-4-7-22-13/h2,5,8,13H,3-4,6-7,9H2,1H3. The van der Waals surface area contributed by atoms with Gasteiger partial charge in [-0.3, -0.25) is 4.79 Å². The summed E-state index contributed by atoms with van der Waals surface area (Å²) in [4.78, 5) is 12.1. The SMILES string of the molecule is CC=Cc1oc(COC2CCCCO2)cc(=O)c1OS(=O)(=O)C(F)(F)F. The zero-order valence-electron chi connectivity index (χ0n) is 13.7. The molecular formula is C15H17F3O7S. The molecule has 26 heavy (non-hydrogen) atoms. The number of ether oxygens (including phenoxy) is 2. The second kappa shape index (κ2) is 8.23. The Bertz CT molecular complexity index is 806. The fourth-order valence-corrected chi connectivity index (χ4v) is 2.62. The van der Waals surface area contributed by atoms with Crippen LogP contribution < -0.4 is 9.61 Å². The Morgan fingerprint density at radius 1 is 1.35 bits per heavy atom. The summed E-state index contributed by atoms with van der Waals surface area (Å²) in [7, 11) is -6.00. The molecule has 0 radical (unpaired) electrons. The molecule has 0 aliphatic carbocycles. The van der Waals surface area contributed by atoms with Crippen molar-refractivity contribution < 1.29 is 39.7 Å². The minimum Gasteiger partial charge on any atom is -0.455 e. The zero-order valence-corrected chi connectivity index (χ0v) is 14.6. The molecule has 1 fully saturated rings. The first-order chi connectivity index (χ1) is 12.1. The van der Waals surface area contributed by atoms with Crippen molar-refractivity contribution in [3.8, 4) is 5.75 Å². The van der Waals surface area contributed by atoms with Crippen molar-refractivity contribution in [1.82, 2.24) is 0 Å². The molecule has 0 amide bonds. The van der Waals surface area contributed by atoms with Crippen molar-refractivity contribution >= 4 is 16.2 Å². The number of hydrogen-bond acceptors (Lipinski definition) is 7. The maximum atomic E-state index is 12.5. The highest BCUT2D eigenvalue weighted by Crippen LogP contribution is 2.28. The molecule has 1 atom stereocenters. The summed E-state index contributed by atoms with van der Waals surface area (Å²) in [5.74, 6) is -1.54. The maximum Gasteiger partial charge on any atom is 0.534 e. The van der Waals surface area contributed by atoms with Crippen molar-refractivity contribution in [2.75, 3.05) is 6.61 Å². The third-order valence-corrected chi connectivity index (χ3v) is 4.28. The monoisotopic (exact) mass is 398 g/mol. The van der Waals surface area contributed by atoms with Crippen molar-refractivity contribution in [3.63, 3.8) is 0 Å². The molecule has 0 aromatic carbocycles. The molecule has 1 aliphatic rings. The van der Waals surface area contributed by atoms with Crippen molar-refractivity contribution in [3.05, 3.63) is 33.9 Å². The molecule has 1 aliphatic heterocycles. The average molecular weight is 398 g/mol. The molecule has 1 aromatic heterocycles. The van der Waals surface area contributed by atoms with Gasteiger partial charge in [0, 0.05) is 12.7 Å². The first-order valence-electron chi connectivity index (χ1n) is 7.67. The number of halogens is 3. The molecule has 1 aromatic rings. The van der Waals surface area contributed by atoms with E-state index in [4.69, 9.17) is 13.9 Å². The van der Waals surface area contributed by atoms with E-state index in [-0.39, 0.29) is 12.4 Å². The number of allylic oxidation sites excluding steroid dienone is 1. The van der Waals surface area contributed by atoms with Crippen molar-refractivity contribution in [1.29, 1.82) is 0 Å². The zero-order chi connectivity index (χ0) is 19.4. The number of rotatable bonds is 6. The van der Waals surface area contributed by atoms with Crippen LogP contribution in [0.15, 0.2) is 21.4 Å². The number of hydrogen-bond donors (Lipinski definition) is 0. The van der Waals surface area contributed by atoms with Crippen LogP contribution in [-0.2, 0) is 26.2 Å². The lowest BCUT2D eigenvalue weighted by atomic mass is 10.2. The molecule has 0 bridgehead atoms. The molecule has 0 N–H and O–H groups in total. The Labute approximate surface area is 147 Å². The van der Waals surface area contributed by atoms with E-state index in [9.17, 15) is 26.4 Å². The van der Waals surface area contributed by atoms with E-state index in [1.54, 1.807) is 0 Å². The fourth-order valence-electron chi connectivity index (χ4n) is 2.14. The van der Waals surface area contributed by atoms with Gasteiger partial charge in [0.15, 0.2) is 12.1 Å². The van der Waals surface area contributed by atoms with Gasteiger partial charge in [0.05, 0.1) is 0 Å². The van der Waals surface area contributed by atoms with E-state index in [0.717, 1.165) is 25.0 Å². The highest BCUT2D eigenvalue weighted by atomic mass is 32.2. The van der Waals surface area contributed by atoms with Gasteiger partial charge >= 0.3 is 15.6 Å². The quantitative estimate of drug-likeness (QED) is 0.537. The van der Waals surface area contributed by atoms with Gasteiger partial charge in [-0.2, -0.15) is 21.6 Å². The van der Waals surface area contributed by atoms with Crippen LogP contribution in [0.5, 0.6) is 5.75 Å². The van der Waals surface area contributed by atoms with Crippen LogP contribution in [-0.4, -0.2) is 26.8 Å². The lowest BCUT2D eigenvalue weighted by Gasteiger charge is -2.22. The van der Waals surface area contributed by atoms with Gasteiger partial charge in [-0.1, -0.05) is 6.08 Å². The molecule has 2 heterocycles. The minimum absolute atomic E-state index is 0.00553. The van der Waals surface area contributed by atoms with Crippen LogP contribution in [0.1, 0.15) is 37.7 Å². The summed E-state index contributed by atoms with van der Waals surface area (Å²) in [6, 6.07) is 0.817. The Kier molecular flexibility index (Phi) is 6.48. The van der Waals surface area contributed by atoms with Gasteiger partial charge in [-0.25, -0.2) is 0 Å². The molecule has 146 valence electrons. The van der Waals surface area contributed by atoms with E-state index < -0.39 is 38.9 Å². The Morgan fingerprint density at radius 2 is 2.08 bits per heavy atom. The summed E-state index contributed by atoms with van der Waals surface area (Å²) < 4.78 is 79.7. The second-order valence-electron chi connectivity index (χ2n) is 5.36. The lowest BCUT2D eigenvalue weighted by molar-refractivity contribution is -0.171. The van der Waals surface area contributed by atoms with Gasteiger partial charge in [0.1, 0.15) is 12.4 Å². The Morgan fingerprint density at radius 3 is 2.65 bits per heavy atom. The van der Waals surface area contributed by atoms with Crippen LogP contribution >= 0.6 is 0 Å². The minimum atomic E-state index is -6.00. The Hall–Kier alpha value is -1.85. The molecule has 2 rings (SSSR count). The maximum absolute atomic E-state index is 12.5. The van der Waals surface area contributed by atoms with Crippen LogP contribution in [0.4, 0.5) is 13.2 Å². The smallest absolute Gasteiger partial charge is 0.455 e. The molecule has 0 spiro atoms. The highest BCUT2D eigenvalue weighted by Gasteiger charge is 2.49. The van der Waals surface area contributed by atoms with Crippen molar-refractivity contribution in [2.24, 2.45) is 0 Å². The topological polar surface area (TPSA) is 92.0 Å². The van der Waals surface area contributed by atoms with Gasteiger partial charge in [-0.05, 0) is 32.3 Å². The summed E-state index contributed by atoms with van der Waals surface area (Å²) in [5.41, 5.74) is -6.76. The van der Waals surface area contributed by atoms with E-state index >= 15 is 0 Å². The second-order valence-corrected chi connectivity index (χ2v) is 6.90. The predicted molar refractivity (Wildman–Crippen MR) is 83.7 cm³/mol. The third kappa shape index (κ3) is 5.08. The summed E-state index contributed by atoms with van der Waals surface area (Å²) in [6.45, 7) is 1.87. The fraction of sp³-hybridized carbons (Fsp3) is 0.533. The summed E-state index contributed by atoms with van der Waals surface area (Å²) >= 11 is 0. The Balaban J connectivity index is 2.26. The molecule has 1 saturated heterocycles. The van der Waals surface area contributed by atoms with Gasteiger partial charge in [0.25, 0.3) is 0 Å². The first-order valence-corrected chi connectivity index (χ1v) is 9.08. The summed E-state index contributed by atoms with van der Waals surface area (Å²) in [5, 5.41) is 0. The summed E-state index contributed by atoms with van der Waals surface area (Å²) in [6.07, 6.45) is 4.49. The molecule has 1 unspecified atom stereocenters. The van der Waals surface area contributed by atoms with E-state index in [1.807, 2.05) is 0 Å². The normalized spacial score (nSPS) is 19.0. The molecule has 11 heteroatoms. The first kappa shape index (κ1) is 20.5. The van der Waals surface area contributed by atoms with E-state index in [2.05, 4.69) is 4.18 Å². The van der Waals surface area contributed by atoms with Crippen LogP contribution in [0, 0.1) is 0 Å². The van der Waals surface area contributed by atoms with Crippen molar-refractivity contribution in [2.45, 2.75) is 44.6 Å².